The van der Waals surface area contributed by atoms with E-state index in [9.17, 15) is 0 Å². The number of imidazole rings is 1. The zero-order valence-electron chi connectivity index (χ0n) is 16.0. The van der Waals surface area contributed by atoms with E-state index in [2.05, 4.69) is 56.6 Å². The largest absolute Gasteiger partial charge is 0.495 e. The highest BCUT2D eigenvalue weighted by molar-refractivity contribution is 5.73. The fourth-order valence-corrected chi connectivity index (χ4v) is 3.77. The van der Waals surface area contributed by atoms with Crippen LogP contribution in [0, 0.1) is 0 Å². The van der Waals surface area contributed by atoms with Gasteiger partial charge >= 0.3 is 0 Å². The molecule has 1 fully saturated rings. The normalized spacial score (nSPS) is 14.4. The van der Waals surface area contributed by atoms with Gasteiger partial charge in [0.15, 0.2) is 0 Å². The summed E-state index contributed by atoms with van der Waals surface area (Å²) in [7, 11) is 3.59. The number of benzene rings is 1. The third kappa shape index (κ3) is 3.25. The maximum Gasteiger partial charge on any atom is 0.141 e. The molecule has 4 rings (SSSR count). The smallest absolute Gasteiger partial charge is 0.141 e. The Morgan fingerprint density at radius 1 is 1.11 bits per heavy atom. The number of ether oxygens (including phenoxy) is 1. The van der Waals surface area contributed by atoms with Crippen LogP contribution in [0.15, 0.2) is 49.3 Å². The van der Waals surface area contributed by atoms with Gasteiger partial charge in [0.25, 0.3) is 0 Å². The van der Waals surface area contributed by atoms with Gasteiger partial charge in [-0.15, -0.1) is 0 Å². The van der Waals surface area contributed by atoms with Crippen LogP contribution in [-0.4, -0.2) is 41.5 Å². The summed E-state index contributed by atoms with van der Waals surface area (Å²) in [6, 6.07) is 10.3. The summed E-state index contributed by atoms with van der Waals surface area (Å²) in [6.07, 6.45) is 7.86. The van der Waals surface area contributed by atoms with Crippen LogP contribution in [0.25, 0.3) is 22.5 Å². The lowest BCUT2D eigenvalue weighted by Crippen LogP contribution is -2.28. The summed E-state index contributed by atoms with van der Waals surface area (Å²) in [5, 5.41) is 3.20. The summed E-state index contributed by atoms with van der Waals surface area (Å²) in [4.78, 5) is 6.95. The summed E-state index contributed by atoms with van der Waals surface area (Å²) in [5.74, 6) is 0.837. The quantitative estimate of drug-likeness (QED) is 0.725. The van der Waals surface area contributed by atoms with Gasteiger partial charge in [0.2, 0.25) is 0 Å². The molecule has 0 amide bonds. The van der Waals surface area contributed by atoms with Crippen LogP contribution in [-0.2, 0) is 0 Å². The number of methoxy groups -OCH3 is 1. The van der Waals surface area contributed by atoms with Gasteiger partial charge < -0.3 is 15.0 Å². The van der Waals surface area contributed by atoms with E-state index in [1.54, 1.807) is 7.11 Å². The number of hydrogen-bond donors (Lipinski definition) is 1. The predicted octanol–water partition coefficient (Wildman–Crippen LogP) is 4.51. The number of aromatic nitrogens is 2. The van der Waals surface area contributed by atoms with Crippen LogP contribution in [0.1, 0.15) is 25.0 Å². The summed E-state index contributed by atoms with van der Waals surface area (Å²) >= 11 is 0. The number of piperidine rings is 1. The molecule has 3 heterocycles. The van der Waals surface area contributed by atoms with Gasteiger partial charge in [-0.05, 0) is 54.7 Å². The van der Waals surface area contributed by atoms with Gasteiger partial charge in [-0.2, -0.15) is 0 Å². The van der Waals surface area contributed by atoms with Crippen molar-refractivity contribution in [3.05, 3.63) is 55.0 Å². The monoisotopic (exact) mass is 362 g/mol. The van der Waals surface area contributed by atoms with Crippen LogP contribution in [0.4, 0.5) is 5.69 Å². The van der Waals surface area contributed by atoms with Crippen molar-refractivity contribution in [3.8, 4) is 16.9 Å². The van der Waals surface area contributed by atoms with Crippen molar-refractivity contribution in [2.45, 2.75) is 19.3 Å². The number of rotatable bonds is 5. The van der Waals surface area contributed by atoms with Crippen LogP contribution < -0.4 is 10.1 Å². The van der Waals surface area contributed by atoms with E-state index in [0.29, 0.717) is 0 Å². The van der Waals surface area contributed by atoms with E-state index in [0.717, 1.165) is 52.7 Å². The number of anilines is 1. The standard InChI is InChI=1S/C22H26N4O/c1-16(25-11-5-4-6-12-25)20-14-24-22-10-8-18(15-26(20)22)17-7-9-21(27-3)19(13-17)23-2/h7-10,13-15,23H,1,4-6,11-12H2,2-3H3. The first kappa shape index (κ1) is 17.5. The molecular formula is C22H26N4O. The van der Waals surface area contributed by atoms with Crippen LogP contribution >= 0.6 is 0 Å². The highest BCUT2D eigenvalue weighted by Crippen LogP contribution is 2.31. The number of fused-ring (bicyclic) bond motifs is 1. The minimum atomic E-state index is 0.837. The van der Waals surface area contributed by atoms with Crippen molar-refractivity contribution in [2.75, 3.05) is 32.6 Å². The fourth-order valence-electron chi connectivity index (χ4n) is 3.77. The van der Waals surface area contributed by atoms with Crippen LogP contribution in [0.5, 0.6) is 5.75 Å². The summed E-state index contributed by atoms with van der Waals surface area (Å²) in [5.41, 5.74) is 6.30. The van der Waals surface area contributed by atoms with E-state index in [1.165, 1.54) is 19.3 Å². The van der Waals surface area contributed by atoms with E-state index < -0.39 is 0 Å². The molecule has 1 saturated heterocycles. The van der Waals surface area contributed by atoms with E-state index in [4.69, 9.17) is 4.74 Å². The first-order chi connectivity index (χ1) is 13.2. The molecule has 5 heteroatoms. The Kier molecular flexibility index (Phi) is 4.75. The fraction of sp³-hybridized carbons (Fsp3) is 0.318. The molecule has 0 atom stereocenters. The van der Waals surface area contributed by atoms with Gasteiger partial charge in [-0.25, -0.2) is 4.98 Å². The zero-order chi connectivity index (χ0) is 18.8. The Bertz CT molecular complexity index is 970. The molecule has 1 aliphatic rings. The minimum Gasteiger partial charge on any atom is -0.495 e. The number of nitrogens with one attached hydrogen (secondary N) is 1. The van der Waals surface area contributed by atoms with Crippen molar-refractivity contribution in [1.29, 1.82) is 0 Å². The number of hydrogen-bond acceptors (Lipinski definition) is 4. The third-order valence-electron chi connectivity index (χ3n) is 5.34. The molecule has 5 nitrogen and oxygen atoms in total. The van der Waals surface area contributed by atoms with Crippen molar-refractivity contribution >= 4 is 17.0 Å². The van der Waals surface area contributed by atoms with Gasteiger partial charge in [-0.3, -0.25) is 4.40 Å². The molecule has 0 saturated carbocycles. The lowest BCUT2D eigenvalue weighted by molar-refractivity contribution is 0.325. The summed E-state index contributed by atoms with van der Waals surface area (Å²) in [6.45, 7) is 6.52. The lowest BCUT2D eigenvalue weighted by atomic mass is 10.1. The second kappa shape index (κ2) is 7.35. The third-order valence-corrected chi connectivity index (χ3v) is 5.34. The molecule has 0 radical (unpaired) electrons. The topological polar surface area (TPSA) is 41.8 Å². The maximum absolute atomic E-state index is 5.41. The van der Waals surface area contributed by atoms with Gasteiger partial charge in [0.1, 0.15) is 11.4 Å². The average Bonchev–Trinajstić information content (AvgIpc) is 3.16. The first-order valence-corrected chi connectivity index (χ1v) is 9.49. The van der Waals surface area contributed by atoms with Crippen molar-refractivity contribution in [3.63, 3.8) is 0 Å². The van der Waals surface area contributed by atoms with Crippen molar-refractivity contribution in [1.82, 2.24) is 14.3 Å². The lowest BCUT2D eigenvalue weighted by Gasteiger charge is -2.30. The number of nitrogens with zero attached hydrogens (tertiary/aromatic N) is 3. The van der Waals surface area contributed by atoms with Crippen molar-refractivity contribution < 1.29 is 4.74 Å². The molecule has 0 bridgehead atoms. The Morgan fingerprint density at radius 2 is 1.89 bits per heavy atom. The Labute approximate surface area is 160 Å². The predicted molar refractivity (Wildman–Crippen MR) is 111 cm³/mol. The minimum absolute atomic E-state index is 0.837. The first-order valence-electron chi connectivity index (χ1n) is 9.49. The zero-order valence-corrected chi connectivity index (χ0v) is 16.0. The molecule has 3 aromatic rings. The SMILES string of the molecule is C=C(c1cnc2ccc(-c3ccc(OC)c(NC)c3)cn12)N1CCCCC1. The van der Waals surface area contributed by atoms with Gasteiger partial charge in [-0.1, -0.05) is 12.6 Å². The molecule has 2 aromatic heterocycles. The van der Waals surface area contributed by atoms with Crippen LogP contribution in [0.3, 0.4) is 0 Å². The van der Waals surface area contributed by atoms with E-state index >= 15 is 0 Å². The van der Waals surface area contributed by atoms with Crippen LogP contribution in [0.2, 0.25) is 0 Å². The molecule has 0 aliphatic carbocycles. The molecule has 1 aromatic carbocycles. The molecule has 1 aliphatic heterocycles. The number of likely N-dealkylation sites (tertiary alicyclic amines) is 1. The maximum atomic E-state index is 5.41. The van der Waals surface area contributed by atoms with E-state index in [1.807, 2.05) is 19.3 Å². The second-order valence-corrected chi connectivity index (χ2v) is 6.95. The molecular weight excluding hydrogens is 336 g/mol. The Morgan fingerprint density at radius 3 is 2.63 bits per heavy atom. The molecule has 27 heavy (non-hydrogen) atoms. The van der Waals surface area contributed by atoms with Crippen molar-refractivity contribution in [2.24, 2.45) is 0 Å². The highest BCUT2D eigenvalue weighted by Gasteiger charge is 2.16. The second-order valence-electron chi connectivity index (χ2n) is 6.95. The average molecular weight is 362 g/mol. The molecule has 0 spiro atoms. The summed E-state index contributed by atoms with van der Waals surface area (Å²) < 4.78 is 7.56. The Hall–Kier alpha value is -2.95. The van der Waals surface area contributed by atoms with E-state index in [-0.39, 0.29) is 0 Å². The van der Waals surface area contributed by atoms with Gasteiger partial charge in [0, 0.05) is 26.3 Å². The Balaban J connectivity index is 1.72. The number of pyridine rings is 1. The highest BCUT2D eigenvalue weighted by atomic mass is 16.5. The molecule has 1 N–H and O–H groups in total. The molecule has 140 valence electrons. The van der Waals surface area contributed by atoms with Gasteiger partial charge in [0.05, 0.1) is 30.4 Å². The molecule has 0 unspecified atom stereocenters.